The predicted octanol–water partition coefficient (Wildman–Crippen LogP) is 1.68. The first-order valence-corrected chi connectivity index (χ1v) is 6.85. The zero-order chi connectivity index (χ0) is 11.8. The Hall–Kier alpha value is -1.13. The fourth-order valence-corrected chi connectivity index (χ4v) is 3.69. The second kappa shape index (κ2) is 4.03. The van der Waals surface area contributed by atoms with Gasteiger partial charge < -0.3 is 5.32 Å². The van der Waals surface area contributed by atoms with Gasteiger partial charge in [0.2, 0.25) is 0 Å². The van der Waals surface area contributed by atoms with Gasteiger partial charge in [-0.25, -0.2) is 8.42 Å². The van der Waals surface area contributed by atoms with Gasteiger partial charge in [0.15, 0.2) is 9.84 Å². The average Bonchev–Trinajstić information content (AvgIpc) is 2.49. The smallest absolute Gasteiger partial charge is 0.180 e. The molecule has 16 heavy (non-hydrogen) atoms. The maximum atomic E-state index is 11.8. The second-order valence-corrected chi connectivity index (χ2v) is 6.21. The van der Waals surface area contributed by atoms with Crippen molar-refractivity contribution in [2.24, 2.45) is 0 Å². The number of fused-ring (bicyclic) bond motifs is 1. The summed E-state index contributed by atoms with van der Waals surface area (Å²) in [5, 5.41) is 3.21. The van der Waals surface area contributed by atoms with E-state index < -0.39 is 9.84 Å². The number of nitrogens with one attached hydrogen (secondary N) is 1. The third kappa shape index (κ3) is 2.03. The van der Waals surface area contributed by atoms with Gasteiger partial charge in [0.05, 0.1) is 10.6 Å². The molecule has 1 aromatic rings. The first-order chi connectivity index (χ1) is 7.50. The van der Waals surface area contributed by atoms with Crippen molar-refractivity contribution in [1.82, 2.24) is 5.32 Å². The molecule has 4 heteroatoms. The fraction of sp³-hybridized carbons (Fsp3) is 0.333. The van der Waals surface area contributed by atoms with Crippen LogP contribution in [0.2, 0.25) is 0 Å². The number of sulfone groups is 1. The van der Waals surface area contributed by atoms with Gasteiger partial charge in [-0.15, -0.1) is 0 Å². The van der Waals surface area contributed by atoms with Crippen molar-refractivity contribution in [3.63, 3.8) is 0 Å². The highest BCUT2D eigenvalue weighted by Gasteiger charge is 2.33. The Morgan fingerprint density at radius 1 is 1.50 bits per heavy atom. The molecule has 1 N–H and O–H groups in total. The van der Waals surface area contributed by atoms with Crippen LogP contribution >= 0.6 is 0 Å². The van der Waals surface area contributed by atoms with Gasteiger partial charge in [-0.05, 0) is 18.6 Å². The number of hydrogen-bond donors (Lipinski definition) is 1. The minimum absolute atomic E-state index is 0.0992. The summed E-state index contributed by atoms with van der Waals surface area (Å²) in [6.07, 6.45) is 0. The van der Waals surface area contributed by atoms with E-state index in [9.17, 15) is 8.42 Å². The number of hydrogen-bond acceptors (Lipinski definition) is 3. The summed E-state index contributed by atoms with van der Waals surface area (Å²) < 4.78 is 23.7. The maximum Gasteiger partial charge on any atom is 0.180 e. The summed E-state index contributed by atoms with van der Waals surface area (Å²) in [5.74, 6) is 0.152. The third-order valence-corrected chi connectivity index (χ3v) is 4.48. The SMILES string of the molecule is C=C(C)CNC1CS(=O)(=O)c2ccccc21. The van der Waals surface area contributed by atoms with E-state index in [-0.39, 0.29) is 11.8 Å². The molecule has 0 fully saturated rings. The van der Waals surface area contributed by atoms with Crippen molar-refractivity contribution in [3.8, 4) is 0 Å². The van der Waals surface area contributed by atoms with Crippen LogP contribution in [0.5, 0.6) is 0 Å². The molecule has 0 aliphatic carbocycles. The van der Waals surface area contributed by atoms with Gasteiger partial charge in [0.25, 0.3) is 0 Å². The molecular formula is C12H15NO2S. The quantitative estimate of drug-likeness (QED) is 0.814. The van der Waals surface area contributed by atoms with Crippen molar-refractivity contribution in [3.05, 3.63) is 42.0 Å². The van der Waals surface area contributed by atoms with Crippen LogP contribution in [-0.2, 0) is 9.84 Å². The summed E-state index contributed by atoms with van der Waals surface area (Å²) in [5.41, 5.74) is 1.88. The van der Waals surface area contributed by atoms with Crippen LogP contribution in [0.15, 0.2) is 41.3 Å². The van der Waals surface area contributed by atoms with Gasteiger partial charge >= 0.3 is 0 Å². The Bertz CT molecular complexity index is 520. The molecule has 0 amide bonds. The van der Waals surface area contributed by atoms with Gasteiger partial charge in [-0.1, -0.05) is 30.4 Å². The predicted molar refractivity (Wildman–Crippen MR) is 64.1 cm³/mol. The molecule has 1 aromatic carbocycles. The fourth-order valence-electron chi connectivity index (χ4n) is 1.92. The van der Waals surface area contributed by atoms with Crippen LogP contribution < -0.4 is 5.32 Å². The molecule has 1 aliphatic rings. The van der Waals surface area contributed by atoms with Gasteiger partial charge in [0.1, 0.15) is 0 Å². The lowest BCUT2D eigenvalue weighted by Gasteiger charge is -2.12. The Balaban J connectivity index is 2.30. The first kappa shape index (κ1) is 11.4. The van der Waals surface area contributed by atoms with Crippen LogP contribution in [0, 0.1) is 0 Å². The Morgan fingerprint density at radius 2 is 2.19 bits per heavy atom. The van der Waals surface area contributed by atoms with E-state index in [1.54, 1.807) is 12.1 Å². The second-order valence-electron chi connectivity index (χ2n) is 4.21. The largest absolute Gasteiger partial charge is 0.305 e. The van der Waals surface area contributed by atoms with E-state index >= 15 is 0 Å². The van der Waals surface area contributed by atoms with Gasteiger partial charge in [-0.3, -0.25) is 0 Å². The highest BCUT2D eigenvalue weighted by atomic mass is 32.2. The number of benzene rings is 1. The van der Waals surface area contributed by atoms with Crippen LogP contribution in [0.1, 0.15) is 18.5 Å². The minimum atomic E-state index is -3.09. The maximum absolute atomic E-state index is 11.8. The van der Waals surface area contributed by atoms with Crippen LogP contribution in [0.25, 0.3) is 0 Å². The molecule has 2 rings (SSSR count). The molecule has 1 unspecified atom stereocenters. The van der Waals surface area contributed by atoms with Crippen LogP contribution in [0.4, 0.5) is 0 Å². The zero-order valence-corrected chi connectivity index (χ0v) is 10.0. The summed E-state index contributed by atoms with van der Waals surface area (Å²) in [6, 6.07) is 7.08. The van der Waals surface area contributed by atoms with E-state index in [1.165, 1.54) is 0 Å². The lowest BCUT2D eigenvalue weighted by atomic mass is 10.1. The highest BCUT2D eigenvalue weighted by Crippen LogP contribution is 2.32. The van der Waals surface area contributed by atoms with Crippen LogP contribution in [-0.4, -0.2) is 20.7 Å². The van der Waals surface area contributed by atoms with Crippen LogP contribution in [0.3, 0.4) is 0 Å². The van der Waals surface area contributed by atoms with Crippen molar-refractivity contribution in [1.29, 1.82) is 0 Å². The standard InChI is InChI=1S/C12H15NO2S/c1-9(2)7-13-11-8-16(14,15)12-6-4-3-5-10(11)12/h3-6,11,13H,1,7-8H2,2H3. The molecule has 86 valence electrons. The van der Waals surface area contributed by atoms with Crippen molar-refractivity contribution >= 4 is 9.84 Å². The van der Waals surface area contributed by atoms with E-state index in [0.717, 1.165) is 11.1 Å². The first-order valence-electron chi connectivity index (χ1n) is 5.20. The lowest BCUT2D eigenvalue weighted by molar-refractivity contribution is 0.582. The Kier molecular flexibility index (Phi) is 2.86. The van der Waals surface area contributed by atoms with E-state index in [2.05, 4.69) is 11.9 Å². The Morgan fingerprint density at radius 3 is 2.88 bits per heavy atom. The molecule has 0 saturated heterocycles. The highest BCUT2D eigenvalue weighted by molar-refractivity contribution is 7.91. The number of rotatable bonds is 3. The normalized spacial score (nSPS) is 21.7. The van der Waals surface area contributed by atoms with Crippen molar-refractivity contribution in [2.45, 2.75) is 17.9 Å². The molecule has 0 radical (unpaired) electrons. The Labute approximate surface area is 96.1 Å². The van der Waals surface area contributed by atoms with E-state index in [4.69, 9.17) is 0 Å². The van der Waals surface area contributed by atoms with E-state index in [0.29, 0.717) is 11.4 Å². The van der Waals surface area contributed by atoms with Gasteiger partial charge in [0, 0.05) is 12.6 Å². The molecular weight excluding hydrogens is 222 g/mol. The molecule has 0 aromatic heterocycles. The summed E-state index contributed by atoms with van der Waals surface area (Å²) in [7, 11) is -3.09. The van der Waals surface area contributed by atoms with E-state index in [1.807, 2.05) is 19.1 Å². The topological polar surface area (TPSA) is 46.2 Å². The zero-order valence-electron chi connectivity index (χ0n) is 9.23. The molecule has 0 spiro atoms. The molecule has 1 aliphatic heterocycles. The van der Waals surface area contributed by atoms with Crippen molar-refractivity contribution < 1.29 is 8.42 Å². The monoisotopic (exact) mass is 237 g/mol. The average molecular weight is 237 g/mol. The molecule has 1 atom stereocenters. The molecule has 0 saturated carbocycles. The molecule has 3 nitrogen and oxygen atoms in total. The minimum Gasteiger partial charge on any atom is -0.305 e. The third-order valence-electron chi connectivity index (χ3n) is 2.67. The van der Waals surface area contributed by atoms with Crippen molar-refractivity contribution in [2.75, 3.05) is 12.3 Å². The summed E-state index contributed by atoms with van der Waals surface area (Å²) in [6.45, 7) is 6.36. The summed E-state index contributed by atoms with van der Waals surface area (Å²) in [4.78, 5) is 0.467. The molecule has 1 heterocycles. The summed E-state index contributed by atoms with van der Waals surface area (Å²) >= 11 is 0. The lowest BCUT2D eigenvalue weighted by Crippen LogP contribution is -2.24. The van der Waals surface area contributed by atoms with Gasteiger partial charge in [-0.2, -0.15) is 0 Å². The molecule has 0 bridgehead atoms.